The van der Waals surface area contributed by atoms with E-state index < -0.39 is 0 Å². The fourth-order valence-electron chi connectivity index (χ4n) is 2.46. The zero-order chi connectivity index (χ0) is 15.7. The van der Waals surface area contributed by atoms with Crippen molar-refractivity contribution in [1.82, 2.24) is 0 Å². The Bertz CT molecular complexity index is 840. The molecule has 3 rings (SSSR count). The van der Waals surface area contributed by atoms with E-state index in [1.54, 1.807) is 18.4 Å². The first-order chi connectivity index (χ1) is 10.6. The summed E-state index contributed by atoms with van der Waals surface area (Å²) in [5, 5.41) is 1.25. The molecule has 112 valence electrons. The molecule has 0 aliphatic carbocycles. The number of hydrogen-bond donors (Lipinski definition) is 1. The van der Waals surface area contributed by atoms with E-state index in [2.05, 4.69) is 36.4 Å². The molecule has 2 N–H and O–H groups in total. The van der Waals surface area contributed by atoms with Crippen LogP contribution < -0.4 is 10.5 Å². The lowest BCUT2D eigenvalue weighted by molar-refractivity contribution is 0.415. The molecule has 1 heterocycles. The molecule has 2 nitrogen and oxygen atoms in total. The summed E-state index contributed by atoms with van der Waals surface area (Å²) in [7, 11) is 1.68. The summed E-state index contributed by atoms with van der Waals surface area (Å²) in [6, 6.07) is 16.8. The SMILES string of the molecule is COc1ccc(-c2cccc3sc(C(N)=C(C)C)cc23)cc1. The molecule has 2 aromatic carbocycles. The lowest BCUT2D eigenvalue weighted by Gasteiger charge is -2.05. The lowest BCUT2D eigenvalue weighted by Crippen LogP contribution is -1.95. The molecule has 0 saturated heterocycles. The van der Waals surface area contributed by atoms with Crippen LogP contribution in [0.3, 0.4) is 0 Å². The molecule has 0 amide bonds. The molecule has 0 saturated carbocycles. The van der Waals surface area contributed by atoms with Crippen molar-refractivity contribution in [3.63, 3.8) is 0 Å². The third-order valence-electron chi connectivity index (χ3n) is 3.77. The number of nitrogens with two attached hydrogens (primary N) is 1. The minimum absolute atomic E-state index is 0.871. The zero-order valence-electron chi connectivity index (χ0n) is 13.0. The predicted octanol–water partition coefficient (Wildman–Crippen LogP) is 5.29. The number of thiophene rings is 1. The molecular formula is C19H19NOS. The summed E-state index contributed by atoms with van der Waals surface area (Å²) in [6.45, 7) is 4.09. The number of hydrogen-bond acceptors (Lipinski definition) is 3. The van der Waals surface area contributed by atoms with Gasteiger partial charge in [0.1, 0.15) is 5.75 Å². The van der Waals surface area contributed by atoms with Gasteiger partial charge in [0.25, 0.3) is 0 Å². The monoisotopic (exact) mass is 309 g/mol. The Balaban J connectivity index is 2.15. The summed E-state index contributed by atoms with van der Waals surface area (Å²) in [5.74, 6) is 0.871. The van der Waals surface area contributed by atoms with Crippen LogP contribution in [-0.4, -0.2) is 7.11 Å². The van der Waals surface area contributed by atoms with Gasteiger partial charge in [0.15, 0.2) is 0 Å². The van der Waals surface area contributed by atoms with Gasteiger partial charge in [-0.05, 0) is 49.2 Å². The fraction of sp³-hybridized carbons (Fsp3) is 0.158. The average molecular weight is 309 g/mol. The first-order valence-corrected chi connectivity index (χ1v) is 8.02. The standard InChI is InChI=1S/C19H19NOS/c1-12(2)19(20)18-11-16-15(5-4-6-17(16)22-18)13-7-9-14(21-3)10-8-13/h4-11H,20H2,1-3H3. The van der Waals surface area contributed by atoms with Crippen LogP contribution in [0, 0.1) is 0 Å². The van der Waals surface area contributed by atoms with E-state index in [9.17, 15) is 0 Å². The number of allylic oxidation sites excluding steroid dienone is 1. The van der Waals surface area contributed by atoms with E-state index in [4.69, 9.17) is 10.5 Å². The molecule has 0 radical (unpaired) electrons. The van der Waals surface area contributed by atoms with Crippen molar-refractivity contribution in [2.24, 2.45) is 5.73 Å². The van der Waals surface area contributed by atoms with E-state index in [1.165, 1.54) is 21.2 Å². The molecule has 0 aliphatic heterocycles. The van der Waals surface area contributed by atoms with E-state index in [0.29, 0.717) is 0 Å². The van der Waals surface area contributed by atoms with Gasteiger partial charge in [-0.2, -0.15) is 0 Å². The summed E-state index contributed by atoms with van der Waals surface area (Å²) in [6.07, 6.45) is 0. The van der Waals surface area contributed by atoms with E-state index in [1.807, 2.05) is 26.0 Å². The summed E-state index contributed by atoms with van der Waals surface area (Å²) in [5.41, 5.74) is 10.6. The maximum absolute atomic E-state index is 6.20. The second kappa shape index (κ2) is 5.85. The Morgan fingerprint density at radius 3 is 2.41 bits per heavy atom. The average Bonchev–Trinajstić information content (AvgIpc) is 2.98. The minimum atomic E-state index is 0.871. The highest BCUT2D eigenvalue weighted by Crippen LogP contribution is 2.36. The van der Waals surface area contributed by atoms with Crippen molar-refractivity contribution in [2.45, 2.75) is 13.8 Å². The molecular weight excluding hydrogens is 290 g/mol. The highest BCUT2D eigenvalue weighted by atomic mass is 32.1. The third kappa shape index (κ3) is 2.60. The molecule has 0 unspecified atom stereocenters. The van der Waals surface area contributed by atoms with Gasteiger partial charge < -0.3 is 10.5 Å². The maximum atomic E-state index is 6.20. The number of ether oxygens (including phenoxy) is 1. The molecule has 22 heavy (non-hydrogen) atoms. The van der Waals surface area contributed by atoms with Gasteiger partial charge in [0.2, 0.25) is 0 Å². The highest BCUT2D eigenvalue weighted by Gasteiger charge is 2.10. The molecule has 3 aromatic rings. The number of benzene rings is 2. The minimum Gasteiger partial charge on any atom is -0.497 e. The van der Waals surface area contributed by atoms with Crippen LogP contribution in [0.2, 0.25) is 0 Å². The largest absolute Gasteiger partial charge is 0.497 e. The lowest BCUT2D eigenvalue weighted by atomic mass is 10.0. The van der Waals surface area contributed by atoms with E-state index in [-0.39, 0.29) is 0 Å². The summed E-state index contributed by atoms with van der Waals surface area (Å²) >= 11 is 1.74. The molecule has 0 spiro atoms. The van der Waals surface area contributed by atoms with Gasteiger partial charge in [0.05, 0.1) is 12.0 Å². The van der Waals surface area contributed by atoms with Crippen molar-refractivity contribution in [3.8, 4) is 16.9 Å². The van der Waals surface area contributed by atoms with Crippen LogP contribution in [0.4, 0.5) is 0 Å². The van der Waals surface area contributed by atoms with Crippen molar-refractivity contribution in [3.05, 3.63) is 59.0 Å². The fourth-order valence-corrected chi connectivity index (χ4v) is 3.62. The summed E-state index contributed by atoms with van der Waals surface area (Å²) in [4.78, 5) is 1.14. The van der Waals surface area contributed by atoms with Crippen LogP contribution >= 0.6 is 11.3 Å². The molecule has 0 aliphatic rings. The van der Waals surface area contributed by atoms with Crippen LogP contribution in [0.5, 0.6) is 5.75 Å². The van der Waals surface area contributed by atoms with Gasteiger partial charge in [0, 0.05) is 15.8 Å². The Morgan fingerprint density at radius 2 is 1.77 bits per heavy atom. The topological polar surface area (TPSA) is 35.2 Å². The summed E-state index contributed by atoms with van der Waals surface area (Å²) < 4.78 is 6.49. The Kier molecular flexibility index (Phi) is 3.90. The number of rotatable bonds is 3. The van der Waals surface area contributed by atoms with Crippen LogP contribution in [0.1, 0.15) is 18.7 Å². The van der Waals surface area contributed by atoms with Crippen molar-refractivity contribution < 1.29 is 4.74 Å². The zero-order valence-corrected chi connectivity index (χ0v) is 13.8. The van der Waals surface area contributed by atoms with E-state index in [0.717, 1.165) is 21.9 Å². The molecule has 0 bridgehead atoms. The second-order valence-corrected chi connectivity index (χ2v) is 6.55. The molecule has 0 atom stereocenters. The first kappa shape index (κ1) is 14.7. The molecule has 0 fully saturated rings. The van der Waals surface area contributed by atoms with Crippen LogP contribution in [-0.2, 0) is 0 Å². The Morgan fingerprint density at radius 1 is 1.05 bits per heavy atom. The van der Waals surface area contributed by atoms with Crippen molar-refractivity contribution in [1.29, 1.82) is 0 Å². The van der Waals surface area contributed by atoms with Gasteiger partial charge in [-0.15, -0.1) is 11.3 Å². The number of fused-ring (bicyclic) bond motifs is 1. The Hall–Kier alpha value is -2.26. The second-order valence-electron chi connectivity index (χ2n) is 5.47. The number of methoxy groups -OCH3 is 1. The predicted molar refractivity (Wildman–Crippen MR) is 96.3 cm³/mol. The van der Waals surface area contributed by atoms with Gasteiger partial charge in [-0.25, -0.2) is 0 Å². The van der Waals surface area contributed by atoms with Crippen molar-refractivity contribution >= 4 is 27.1 Å². The van der Waals surface area contributed by atoms with E-state index >= 15 is 0 Å². The molecule has 3 heteroatoms. The van der Waals surface area contributed by atoms with Crippen LogP contribution in [0.15, 0.2) is 54.1 Å². The quantitative estimate of drug-likeness (QED) is 0.713. The van der Waals surface area contributed by atoms with Gasteiger partial charge >= 0.3 is 0 Å². The Labute approximate surface area is 134 Å². The third-order valence-corrected chi connectivity index (χ3v) is 4.90. The normalized spacial score (nSPS) is 10.7. The smallest absolute Gasteiger partial charge is 0.118 e. The van der Waals surface area contributed by atoms with Gasteiger partial charge in [-0.3, -0.25) is 0 Å². The van der Waals surface area contributed by atoms with Crippen molar-refractivity contribution in [2.75, 3.05) is 7.11 Å². The highest BCUT2D eigenvalue weighted by molar-refractivity contribution is 7.20. The maximum Gasteiger partial charge on any atom is 0.118 e. The van der Waals surface area contributed by atoms with Crippen LogP contribution in [0.25, 0.3) is 26.9 Å². The molecule has 1 aromatic heterocycles. The first-order valence-electron chi connectivity index (χ1n) is 7.20. The van der Waals surface area contributed by atoms with Gasteiger partial charge in [-0.1, -0.05) is 29.8 Å².